The average Bonchev–Trinajstić information content (AvgIpc) is 3.34. The minimum absolute atomic E-state index is 0.139. The van der Waals surface area contributed by atoms with Gasteiger partial charge in [-0.05, 0) is 63.8 Å². The number of aromatic amines is 1. The Bertz CT molecular complexity index is 1360. The van der Waals surface area contributed by atoms with Crippen LogP contribution >= 0.6 is 0 Å². The Morgan fingerprint density at radius 1 is 1.23 bits per heavy atom. The van der Waals surface area contributed by atoms with Crippen LogP contribution in [-0.2, 0) is 12.1 Å². The number of carbonyl (C=O) groups excluding carboxylic acids is 1. The van der Waals surface area contributed by atoms with E-state index in [2.05, 4.69) is 37.0 Å². The van der Waals surface area contributed by atoms with E-state index in [4.69, 9.17) is 4.98 Å². The smallest absolute Gasteiger partial charge is 0.254 e. The Morgan fingerprint density at radius 2 is 2.06 bits per heavy atom. The lowest BCUT2D eigenvalue weighted by Gasteiger charge is -2.18. The molecule has 9 nitrogen and oxygen atoms in total. The van der Waals surface area contributed by atoms with Gasteiger partial charge in [0.25, 0.3) is 5.91 Å². The second-order valence-corrected chi connectivity index (χ2v) is 10.0. The molecule has 1 amide bonds. The summed E-state index contributed by atoms with van der Waals surface area (Å²) in [6.07, 6.45) is 9.34. The molecular weight excluding hydrogens is 440 g/mol. The average molecular weight is 471 g/mol. The van der Waals surface area contributed by atoms with Crippen LogP contribution in [0.3, 0.4) is 0 Å². The number of hydrogen-bond donors (Lipinski definition) is 3. The number of nitrogens with zero attached hydrogens (tertiary/aromatic N) is 5. The van der Waals surface area contributed by atoms with Gasteiger partial charge in [0.2, 0.25) is 5.95 Å². The van der Waals surface area contributed by atoms with Gasteiger partial charge in [0.1, 0.15) is 0 Å². The van der Waals surface area contributed by atoms with Gasteiger partial charge in [0, 0.05) is 36.6 Å². The molecule has 3 N–H and O–H groups in total. The van der Waals surface area contributed by atoms with Crippen molar-refractivity contribution in [2.45, 2.75) is 58.5 Å². The number of carbonyl (C=O) groups is 1. The monoisotopic (exact) mass is 470 g/mol. The van der Waals surface area contributed by atoms with Crippen molar-refractivity contribution in [2.75, 3.05) is 5.32 Å². The summed E-state index contributed by atoms with van der Waals surface area (Å²) in [5, 5.41) is 17.9. The number of H-pyrrole nitrogens is 1. The topological polar surface area (TPSA) is 113 Å². The highest BCUT2D eigenvalue weighted by Crippen LogP contribution is 2.42. The SMILES string of the molecule is Cc1cc(-c2ccnc(Nc3c[nH]nc3C3CC3)n2)ccc1CNC(=O)c1cnn(C(C)(C)C)c1. The van der Waals surface area contributed by atoms with Crippen LogP contribution in [0.15, 0.2) is 49.1 Å². The molecular formula is C26H30N8O. The molecule has 9 heteroatoms. The normalized spacial score (nSPS) is 13.6. The zero-order valence-electron chi connectivity index (χ0n) is 20.5. The van der Waals surface area contributed by atoms with E-state index in [1.807, 2.05) is 52.1 Å². The van der Waals surface area contributed by atoms with Gasteiger partial charge in [-0.3, -0.25) is 14.6 Å². The van der Waals surface area contributed by atoms with Crippen molar-refractivity contribution < 1.29 is 4.79 Å². The van der Waals surface area contributed by atoms with Crippen LogP contribution < -0.4 is 10.6 Å². The van der Waals surface area contributed by atoms with Crippen LogP contribution in [0.5, 0.6) is 0 Å². The summed E-state index contributed by atoms with van der Waals surface area (Å²) >= 11 is 0. The number of aromatic nitrogens is 6. The van der Waals surface area contributed by atoms with E-state index < -0.39 is 0 Å². The van der Waals surface area contributed by atoms with Crippen molar-refractivity contribution >= 4 is 17.5 Å². The number of hydrogen-bond acceptors (Lipinski definition) is 6. The maximum absolute atomic E-state index is 12.6. The number of benzene rings is 1. The molecule has 0 aliphatic heterocycles. The first kappa shape index (κ1) is 22.8. The first-order chi connectivity index (χ1) is 16.8. The number of nitrogens with one attached hydrogen (secondary N) is 3. The van der Waals surface area contributed by atoms with Gasteiger partial charge < -0.3 is 10.6 Å². The second kappa shape index (κ2) is 8.98. The number of rotatable bonds is 7. The van der Waals surface area contributed by atoms with Crippen molar-refractivity contribution in [3.8, 4) is 11.3 Å². The van der Waals surface area contributed by atoms with Gasteiger partial charge in [-0.1, -0.05) is 12.1 Å². The molecule has 3 heterocycles. The van der Waals surface area contributed by atoms with Crippen molar-refractivity contribution in [2.24, 2.45) is 0 Å². The fraction of sp³-hybridized carbons (Fsp3) is 0.346. The van der Waals surface area contributed by atoms with Crippen molar-refractivity contribution in [1.82, 2.24) is 35.3 Å². The largest absolute Gasteiger partial charge is 0.348 e. The summed E-state index contributed by atoms with van der Waals surface area (Å²) in [6, 6.07) is 8.02. The van der Waals surface area contributed by atoms with Crippen LogP contribution in [-0.4, -0.2) is 35.9 Å². The molecule has 35 heavy (non-hydrogen) atoms. The van der Waals surface area contributed by atoms with E-state index in [9.17, 15) is 4.79 Å². The molecule has 0 radical (unpaired) electrons. The van der Waals surface area contributed by atoms with Crippen molar-refractivity contribution in [3.63, 3.8) is 0 Å². The van der Waals surface area contributed by atoms with Gasteiger partial charge in [-0.15, -0.1) is 0 Å². The number of anilines is 2. The minimum atomic E-state index is -0.167. The molecule has 1 aliphatic carbocycles. The highest BCUT2D eigenvalue weighted by molar-refractivity contribution is 5.93. The first-order valence-electron chi connectivity index (χ1n) is 11.8. The Labute approximate surface area is 204 Å². The fourth-order valence-corrected chi connectivity index (χ4v) is 3.91. The lowest BCUT2D eigenvalue weighted by molar-refractivity contribution is 0.0950. The molecule has 0 unspecified atom stereocenters. The molecule has 5 rings (SSSR count). The maximum atomic E-state index is 12.6. The van der Waals surface area contributed by atoms with Gasteiger partial charge in [0.15, 0.2) is 0 Å². The van der Waals surface area contributed by atoms with Crippen molar-refractivity contribution in [1.29, 1.82) is 0 Å². The zero-order chi connectivity index (χ0) is 24.6. The Hall–Kier alpha value is -4.01. The summed E-state index contributed by atoms with van der Waals surface area (Å²) in [5.74, 6) is 0.924. The lowest BCUT2D eigenvalue weighted by atomic mass is 10.0. The minimum Gasteiger partial charge on any atom is -0.348 e. The van der Waals surface area contributed by atoms with Gasteiger partial charge >= 0.3 is 0 Å². The van der Waals surface area contributed by atoms with Crippen LogP contribution in [0, 0.1) is 6.92 Å². The molecule has 4 aromatic rings. The number of aryl methyl sites for hydroxylation is 1. The van der Waals surface area contributed by atoms with Crippen LogP contribution in [0.1, 0.15) is 66.7 Å². The van der Waals surface area contributed by atoms with Crippen LogP contribution in [0.25, 0.3) is 11.3 Å². The highest BCUT2D eigenvalue weighted by atomic mass is 16.1. The molecule has 0 spiro atoms. The summed E-state index contributed by atoms with van der Waals surface area (Å²) in [4.78, 5) is 21.7. The Balaban J connectivity index is 1.26. The summed E-state index contributed by atoms with van der Waals surface area (Å²) in [6.45, 7) is 8.62. The maximum Gasteiger partial charge on any atom is 0.254 e. The van der Waals surface area contributed by atoms with Crippen molar-refractivity contribution in [3.05, 3.63) is 71.4 Å². The van der Waals surface area contributed by atoms with E-state index in [0.717, 1.165) is 33.8 Å². The molecule has 1 aliphatic rings. The molecule has 0 bridgehead atoms. The van der Waals surface area contributed by atoms with E-state index in [-0.39, 0.29) is 11.4 Å². The first-order valence-corrected chi connectivity index (χ1v) is 11.8. The summed E-state index contributed by atoms with van der Waals surface area (Å²) < 4.78 is 1.80. The van der Waals surface area contributed by atoms with Crippen LogP contribution in [0.2, 0.25) is 0 Å². The lowest BCUT2D eigenvalue weighted by Crippen LogP contribution is -2.24. The molecule has 1 aromatic carbocycles. The highest BCUT2D eigenvalue weighted by Gasteiger charge is 2.28. The van der Waals surface area contributed by atoms with E-state index in [1.54, 1.807) is 23.3 Å². The Morgan fingerprint density at radius 3 is 2.77 bits per heavy atom. The van der Waals surface area contributed by atoms with Crippen LogP contribution in [0.4, 0.5) is 11.6 Å². The molecule has 0 saturated heterocycles. The summed E-state index contributed by atoms with van der Waals surface area (Å²) in [7, 11) is 0. The van der Waals surface area contributed by atoms with E-state index >= 15 is 0 Å². The molecule has 180 valence electrons. The molecule has 1 fully saturated rings. The second-order valence-electron chi connectivity index (χ2n) is 10.0. The van der Waals surface area contributed by atoms with Gasteiger partial charge in [-0.25, -0.2) is 9.97 Å². The van der Waals surface area contributed by atoms with Gasteiger partial charge in [-0.2, -0.15) is 10.2 Å². The molecule has 1 saturated carbocycles. The fourth-order valence-electron chi connectivity index (χ4n) is 3.91. The standard InChI is InChI=1S/C26H30N8O/c1-16-11-18(7-8-19(16)12-28-24(35)20-13-30-34(15-20)26(2,3)4)21-9-10-27-25(31-21)32-22-14-29-33-23(22)17-5-6-17/h7-11,13-15,17H,5-6,12H2,1-4H3,(H,28,35)(H,29,33)(H,27,31,32). The Kier molecular flexibility index (Phi) is 5.84. The third-order valence-electron chi connectivity index (χ3n) is 6.15. The quantitative estimate of drug-likeness (QED) is 0.361. The van der Waals surface area contributed by atoms with Gasteiger partial charge in [0.05, 0.1) is 34.4 Å². The summed E-state index contributed by atoms with van der Waals surface area (Å²) in [5.41, 5.74) is 6.30. The zero-order valence-corrected chi connectivity index (χ0v) is 20.5. The van der Waals surface area contributed by atoms with E-state index in [1.165, 1.54) is 12.8 Å². The predicted octanol–water partition coefficient (Wildman–Crippen LogP) is 4.68. The molecule has 0 atom stereocenters. The molecule has 3 aromatic heterocycles. The number of amides is 1. The van der Waals surface area contributed by atoms with E-state index in [0.29, 0.717) is 24.0 Å². The third-order valence-corrected chi connectivity index (χ3v) is 6.15. The third kappa shape index (κ3) is 5.08. The predicted molar refractivity (Wildman–Crippen MR) is 134 cm³/mol.